The van der Waals surface area contributed by atoms with Crippen LogP contribution in [0.25, 0.3) is 0 Å². The smallest absolute Gasteiger partial charge is 0.118 e. The van der Waals surface area contributed by atoms with Crippen LogP contribution in [0.3, 0.4) is 0 Å². The molecule has 0 bridgehead atoms. The zero-order chi connectivity index (χ0) is 23.2. The zero-order valence-corrected chi connectivity index (χ0v) is 20.7. The molecule has 1 fully saturated rings. The average molecular weight is 445 g/mol. The zero-order valence-electron chi connectivity index (χ0n) is 20.7. The van der Waals surface area contributed by atoms with Gasteiger partial charge in [0.05, 0.1) is 6.10 Å². The van der Waals surface area contributed by atoms with Crippen LogP contribution in [0, 0.1) is 18.3 Å². The Kier molecular flexibility index (Phi) is 5.93. The van der Waals surface area contributed by atoms with Crippen molar-refractivity contribution in [1.29, 1.82) is 0 Å². The van der Waals surface area contributed by atoms with Gasteiger partial charge in [0.2, 0.25) is 0 Å². The number of rotatable bonds is 6. The lowest BCUT2D eigenvalue weighted by Crippen LogP contribution is -2.43. The third kappa shape index (κ3) is 3.85. The number of phenols is 1. The van der Waals surface area contributed by atoms with Gasteiger partial charge in [0.1, 0.15) is 5.75 Å². The van der Waals surface area contributed by atoms with E-state index in [1.807, 2.05) is 6.07 Å². The molecule has 0 spiro atoms. The molecule has 0 radical (unpaired) electrons. The van der Waals surface area contributed by atoms with Gasteiger partial charge in [0, 0.05) is 5.41 Å². The second-order valence-electron chi connectivity index (χ2n) is 11.6. The van der Waals surface area contributed by atoms with E-state index in [1.54, 1.807) is 11.1 Å². The molecule has 5 rings (SSSR count). The summed E-state index contributed by atoms with van der Waals surface area (Å²) >= 11 is 0. The first-order chi connectivity index (χ1) is 15.8. The number of phenolic OH excluding ortho intramolecular Hbond substituents is 1. The number of benzene rings is 2. The summed E-state index contributed by atoms with van der Waals surface area (Å²) in [5.41, 5.74) is 8.69. The Labute approximate surface area is 199 Å². The maximum Gasteiger partial charge on any atom is 0.118 e. The highest BCUT2D eigenvalue weighted by molar-refractivity contribution is 5.57. The van der Waals surface area contributed by atoms with Gasteiger partial charge < -0.3 is 10.2 Å². The van der Waals surface area contributed by atoms with Gasteiger partial charge in [0.25, 0.3) is 0 Å². The van der Waals surface area contributed by atoms with Gasteiger partial charge in [0.15, 0.2) is 0 Å². The van der Waals surface area contributed by atoms with Crippen LogP contribution in [-0.4, -0.2) is 16.3 Å². The highest BCUT2D eigenvalue weighted by atomic mass is 16.3. The lowest BCUT2D eigenvalue weighted by molar-refractivity contribution is 0.141. The Morgan fingerprint density at radius 1 is 1.00 bits per heavy atom. The first kappa shape index (κ1) is 22.7. The molecule has 1 saturated carbocycles. The fraction of sp³-hybridized carbons (Fsp3) is 0.548. The summed E-state index contributed by atoms with van der Waals surface area (Å²) in [6.07, 6.45) is 10.8. The lowest BCUT2D eigenvalue weighted by Gasteiger charge is -2.51. The van der Waals surface area contributed by atoms with Crippen LogP contribution in [0.15, 0.2) is 53.6 Å². The number of aliphatic hydroxyl groups is 1. The Morgan fingerprint density at radius 3 is 2.55 bits per heavy atom. The molecule has 0 aromatic heterocycles. The van der Waals surface area contributed by atoms with E-state index < -0.39 is 0 Å². The van der Waals surface area contributed by atoms with Crippen LogP contribution >= 0.6 is 0 Å². The topological polar surface area (TPSA) is 40.5 Å². The van der Waals surface area contributed by atoms with Gasteiger partial charge in [-0.3, -0.25) is 0 Å². The SMILES string of the molecule is Cc1c(O)ccc2c1CCC1=C3C[C@@H](O)C[C@@]3(CCCC(C)C)CC[C@]12Cc1ccccc1. The van der Waals surface area contributed by atoms with Crippen molar-refractivity contribution in [3.63, 3.8) is 0 Å². The minimum atomic E-state index is -0.193. The predicted octanol–water partition coefficient (Wildman–Crippen LogP) is 7.19. The Hall–Kier alpha value is -2.06. The van der Waals surface area contributed by atoms with Gasteiger partial charge in [-0.25, -0.2) is 0 Å². The molecule has 0 unspecified atom stereocenters. The number of aromatic hydroxyl groups is 1. The van der Waals surface area contributed by atoms with E-state index >= 15 is 0 Å². The third-order valence-electron chi connectivity index (χ3n) is 9.17. The molecule has 0 heterocycles. The van der Waals surface area contributed by atoms with E-state index in [9.17, 15) is 10.2 Å². The van der Waals surface area contributed by atoms with E-state index in [-0.39, 0.29) is 16.9 Å². The van der Waals surface area contributed by atoms with Crippen molar-refractivity contribution in [1.82, 2.24) is 0 Å². The summed E-state index contributed by atoms with van der Waals surface area (Å²) < 4.78 is 0. The molecular formula is C31H40O2. The summed E-state index contributed by atoms with van der Waals surface area (Å²) in [4.78, 5) is 0. The number of fused-ring (bicyclic) bond motifs is 4. The molecule has 2 N–H and O–H groups in total. The first-order valence-corrected chi connectivity index (χ1v) is 13.1. The van der Waals surface area contributed by atoms with Gasteiger partial charge in [-0.2, -0.15) is 0 Å². The van der Waals surface area contributed by atoms with Gasteiger partial charge in [-0.1, -0.05) is 74.2 Å². The van der Waals surface area contributed by atoms with Crippen LogP contribution < -0.4 is 0 Å². The van der Waals surface area contributed by atoms with Crippen molar-refractivity contribution in [2.24, 2.45) is 11.3 Å². The molecule has 0 saturated heterocycles. The van der Waals surface area contributed by atoms with Crippen molar-refractivity contribution in [3.05, 3.63) is 75.9 Å². The molecule has 3 aliphatic rings. The van der Waals surface area contributed by atoms with Crippen LogP contribution in [0.2, 0.25) is 0 Å². The molecule has 0 aliphatic heterocycles. The molecule has 0 amide bonds. The molecule has 3 aliphatic carbocycles. The summed E-state index contributed by atoms with van der Waals surface area (Å²) in [5, 5.41) is 21.4. The second-order valence-corrected chi connectivity index (χ2v) is 11.6. The highest BCUT2D eigenvalue weighted by Gasteiger charge is 2.53. The quantitative estimate of drug-likeness (QED) is 0.463. The van der Waals surface area contributed by atoms with Crippen molar-refractivity contribution in [3.8, 4) is 5.75 Å². The summed E-state index contributed by atoms with van der Waals surface area (Å²) in [5.74, 6) is 1.16. The lowest BCUT2D eigenvalue weighted by atomic mass is 9.52. The minimum Gasteiger partial charge on any atom is -0.508 e. The van der Waals surface area contributed by atoms with Crippen molar-refractivity contribution in [2.45, 2.75) is 96.5 Å². The molecule has 3 atom stereocenters. The summed E-state index contributed by atoms with van der Waals surface area (Å²) in [6.45, 7) is 6.73. The average Bonchev–Trinajstić information content (AvgIpc) is 3.12. The number of hydrogen-bond donors (Lipinski definition) is 2. The summed E-state index contributed by atoms with van der Waals surface area (Å²) in [7, 11) is 0. The van der Waals surface area contributed by atoms with Crippen LogP contribution in [0.1, 0.15) is 87.5 Å². The summed E-state index contributed by atoms with van der Waals surface area (Å²) in [6, 6.07) is 15.1. The highest BCUT2D eigenvalue weighted by Crippen LogP contribution is 2.63. The number of allylic oxidation sites excluding steroid dienone is 1. The largest absolute Gasteiger partial charge is 0.508 e. The first-order valence-electron chi connectivity index (χ1n) is 13.1. The normalized spacial score (nSPS) is 28.6. The third-order valence-corrected chi connectivity index (χ3v) is 9.17. The maximum absolute atomic E-state index is 10.9. The van der Waals surface area contributed by atoms with Gasteiger partial charge in [-0.05, 0) is 97.9 Å². The van der Waals surface area contributed by atoms with E-state index in [1.165, 1.54) is 42.4 Å². The van der Waals surface area contributed by atoms with Crippen molar-refractivity contribution in [2.75, 3.05) is 0 Å². The van der Waals surface area contributed by atoms with Crippen LogP contribution in [0.5, 0.6) is 5.75 Å². The fourth-order valence-electron chi connectivity index (χ4n) is 7.60. The van der Waals surface area contributed by atoms with E-state index in [4.69, 9.17) is 0 Å². The Morgan fingerprint density at radius 2 is 1.79 bits per heavy atom. The Bertz CT molecular complexity index is 1050. The fourth-order valence-corrected chi connectivity index (χ4v) is 7.60. The number of hydrogen-bond acceptors (Lipinski definition) is 2. The van der Waals surface area contributed by atoms with Gasteiger partial charge >= 0.3 is 0 Å². The molecule has 2 aromatic rings. The second kappa shape index (κ2) is 8.62. The molecule has 2 nitrogen and oxygen atoms in total. The van der Waals surface area contributed by atoms with Crippen molar-refractivity contribution < 1.29 is 10.2 Å². The molecule has 2 aromatic carbocycles. The predicted molar refractivity (Wildman–Crippen MR) is 136 cm³/mol. The number of aliphatic hydroxyl groups excluding tert-OH is 1. The molecule has 176 valence electrons. The van der Waals surface area contributed by atoms with Crippen LogP contribution in [0.4, 0.5) is 0 Å². The standard InChI is InChI=1S/C31H40O2/c1-21(2)8-7-15-30-16-17-31(19-23-9-5-4-6-10-23)26-13-14-29(33)22(3)25(26)11-12-27(31)28(30)18-24(32)20-30/h4-6,9-10,13-14,21,24,32-33H,7-8,11-12,15-20H2,1-3H3/t24-,30-,31-/m1/s1. The molecule has 2 heteroatoms. The minimum absolute atomic E-state index is 0.00562. The Balaban J connectivity index is 1.65. The van der Waals surface area contributed by atoms with E-state index in [0.717, 1.165) is 50.0 Å². The maximum atomic E-state index is 10.9. The van der Waals surface area contributed by atoms with Gasteiger partial charge in [-0.15, -0.1) is 0 Å². The van der Waals surface area contributed by atoms with Crippen LogP contribution in [-0.2, 0) is 18.3 Å². The van der Waals surface area contributed by atoms with Crippen molar-refractivity contribution >= 4 is 0 Å². The molecular weight excluding hydrogens is 404 g/mol. The van der Waals surface area contributed by atoms with E-state index in [2.05, 4.69) is 57.2 Å². The molecule has 33 heavy (non-hydrogen) atoms. The van der Waals surface area contributed by atoms with E-state index in [0.29, 0.717) is 5.75 Å². The monoisotopic (exact) mass is 444 g/mol.